The molecular weight excluding hydrogens is 422 g/mol. The Balaban J connectivity index is 5.24. The van der Waals surface area contributed by atoms with E-state index in [4.69, 9.17) is 32.5 Å². The minimum absolute atomic E-state index is 0.0233. The molecule has 0 rings (SSSR count). The van der Waals surface area contributed by atoms with Crippen molar-refractivity contribution < 1.29 is 34.5 Å². The number of aliphatic hydroxyl groups excluding tert-OH is 2. The van der Waals surface area contributed by atoms with Gasteiger partial charge in [-0.3, -0.25) is 19.4 Å². The van der Waals surface area contributed by atoms with Crippen LogP contribution in [0, 0.1) is 0 Å². The van der Waals surface area contributed by atoms with Crippen LogP contribution in [-0.2, 0) is 19.2 Å². The Morgan fingerprint density at radius 2 is 1.43 bits per heavy atom. The molecular formula is C15H29N7O7S. The van der Waals surface area contributed by atoms with Crippen LogP contribution in [0.1, 0.15) is 12.8 Å². The Morgan fingerprint density at radius 1 is 0.900 bits per heavy atom. The number of amides is 3. The Morgan fingerprint density at radius 3 is 1.90 bits per heavy atom. The third kappa shape index (κ3) is 10.2. The number of aliphatic hydroxyl groups is 2. The van der Waals surface area contributed by atoms with E-state index in [0.29, 0.717) is 0 Å². The van der Waals surface area contributed by atoms with Gasteiger partial charge in [-0.2, -0.15) is 12.6 Å². The van der Waals surface area contributed by atoms with Gasteiger partial charge in [0.2, 0.25) is 17.7 Å². The number of guanidine groups is 1. The van der Waals surface area contributed by atoms with E-state index in [2.05, 4.69) is 33.6 Å². The first-order chi connectivity index (χ1) is 14.1. The van der Waals surface area contributed by atoms with Crippen LogP contribution >= 0.6 is 12.6 Å². The molecule has 0 fully saturated rings. The largest absolute Gasteiger partial charge is 0.480 e. The third-order valence-corrected chi connectivity index (χ3v) is 4.09. The van der Waals surface area contributed by atoms with E-state index in [1.165, 1.54) is 0 Å². The summed E-state index contributed by atoms with van der Waals surface area (Å²) in [6.45, 7) is -1.35. The van der Waals surface area contributed by atoms with E-state index in [1.807, 2.05) is 0 Å². The second kappa shape index (κ2) is 14.4. The molecule has 4 atom stereocenters. The van der Waals surface area contributed by atoms with Crippen LogP contribution in [0.5, 0.6) is 0 Å². The molecule has 0 aromatic carbocycles. The highest BCUT2D eigenvalue weighted by Gasteiger charge is 2.29. The predicted octanol–water partition coefficient (Wildman–Crippen LogP) is -5.18. The van der Waals surface area contributed by atoms with Crippen molar-refractivity contribution in [3.8, 4) is 0 Å². The lowest BCUT2D eigenvalue weighted by atomic mass is 10.1. The normalized spacial score (nSPS) is 14.5. The van der Waals surface area contributed by atoms with Crippen molar-refractivity contribution in [3.05, 3.63) is 0 Å². The van der Waals surface area contributed by atoms with Gasteiger partial charge in [-0.05, 0) is 12.8 Å². The molecule has 0 aliphatic heterocycles. The maximum Gasteiger partial charge on any atom is 0.328 e. The number of carboxylic acid groups (broad SMARTS) is 1. The second-order valence-electron chi connectivity index (χ2n) is 6.12. The second-order valence-corrected chi connectivity index (χ2v) is 6.49. The number of aliphatic imine (C=N–C) groups is 1. The number of hydrogen-bond acceptors (Lipinski definition) is 9. The monoisotopic (exact) mass is 451 g/mol. The number of carbonyl (C=O) groups excluding carboxylic acids is 3. The van der Waals surface area contributed by atoms with Crippen molar-refractivity contribution >= 4 is 42.3 Å². The van der Waals surface area contributed by atoms with Crippen LogP contribution < -0.4 is 33.2 Å². The lowest BCUT2D eigenvalue weighted by molar-refractivity contribution is -0.143. The standard InChI is InChI=1S/C15H29N7O7S/c16-7(4-23)11(25)22-10(6-30)13(27)20-8(2-1-3-19-15(17)18)12(26)21-9(5-24)14(28)29/h7-10,23-24,30H,1-6,16H2,(H,20,27)(H,21,26)(H,22,25)(H,28,29)(H4,17,18,19). The van der Waals surface area contributed by atoms with E-state index in [0.717, 1.165) is 0 Å². The Bertz CT molecular complexity index is 630. The molecule has 0 saturated heterocycles. The molecule has 15 heteroatoms. The van der Waals surface area contributed by atoms with Crippen molar-refractivity contribution in [1.29, 1.82) is 0 Å². The number of nitrogens with zero attached hydrogens (tertiary/aromatic N) is 1. The SMILES string of the molecule is NC(N)=NCCCC(NC(=O)C(CS)NC(=O)C(N)CO)C(=O)NC(CO)C(=O)O. The molecule has 0 aromatic rings. The highest BCUT2D eigenvalue weighted by atomic mass is 32.1. The Kier molecular flexibility index (Phi) is 13.1. The fraction of sp³-hybridized carbons (Fsp3) is 0.667. The fourth-order valence-corrected chi connectivity index (χ4v) is 2.32. The third-order valence-electron chi connectivity index (χ3n) is 3.72. The van der Waals surface area contributed by atoms with E-state index in [9.17, 15) is 19.2 Å². The van der Waals surface area contributed by atoms with Gasteiger partial charge < -0.3 is 48.5 Å². The first-order valence-corrected chi connectivity index (χ1v) is 9.48. The zero-order valence-electron chi connectivity index (χ0n) is 16.2. The van der Waals surface area contributed by atoms with Crippen LogP contribution in [0.25, 0.3) is 0 Å². The smallest absolute Gasteiger partial charge is 0.328 e. The van der Waals surface area contributed by atoms with Crippen molar-refractivity contribution in [3.63, 3.8) is 0 Å². The minimum Gasteiger partial charge on any atom is -0.480 e. The average Bonchev–Trinajstić information content (AvgIpc) is 2.70. The number of nitrogens with one attached hydrogen (secondary N) is 3. The number of thiol groups is 1. The molecule has 3 amide bonds. The quantitative estimate of drug-likeness (QED) is 0.0519. The molecule has 12 N–H and O–H groups in total. The minimum atomic E-state index is -1.57. The molecule has 0 aliphatic carbocycles. The van der Waals surface area contributed by atoms with E-state index in [1.54, 1.807) is 0 Å². The summed E-state index contributed by atoms with van der Waals surface area (Å²) < 4.78 is 0. The summed E-state index contributed by atoms with van der Waals surface area (Å²) in [5.74, 6) is -4.23. The lowest BCUT2D eigenvalue weighted by Crippen LogP contribution is -2.58. The zero-order chi connectivity index (χ0) is 23.3. The summed E-state index contributed by atoms with van der Waals surface area (Å²) in [5.41, 5.74) is 15.8. The summed E-state index contributed by atoms with van der Waals surface area (Å²) >= 11 is 3.97. The van der Waals surface area contributed by atoms with Crippen LogP contribution in [0.4, 0.5) is 0 Å². The molecule has 14 nitrogen and oxygen atoms in total. The maximum absolute atomic E-state index is 12.5. The van der Waals surface area contributed by atoms with Gasteiger partial charge in [-0.15, -0.1) is 0 Å². The van der Waals surface area contributed by atoms with Gasteiger partial charge >= 0.3 is 5.97 Å². The first kappa shape index (κ1) is 27.4. The van der Waals surface area contributed by atoms with Gasteiger partial charge in [0.05, 0.1) is 13.2 Å². The first-order valence-electron chi connectivity index (χ1n) is 8.84. The number of carbonyl (C=O) groups is 4. The van der Waals surface area contributed by atoms with Gasteiger partial charge in [0.1, 0.15) is 24.2 Å². The molecule has 4 unspecified atom stereocenters. The van der Waals surface area contributed by atoms with Crippen molar-refractivity contribution in [2.45, 2.75) is 37.0 Å². The number of hydrogen-bond donors (Lipinski definition) is 10. The summed E-state index contributed by atoms with van der Waals surface area (Å²) in [6, 6.07) is -5.22. The van der Waals surface area contributed by atoms with Gasteiger partial charge in [0.25, 0.3) is 0 Å². The molecule has 0 heterocycles. The van der Waals surface area contributed by atoms with E-state index < -0.39 is 61.1 Å². The molecule has 0 radical (unpaired) electrons. The molecule has 172 valence electrons. The molecule has 0 saturated carbocycles. The summed E-state index contributed by atoms with van der Waals surface area (Å²) in [7, 11) is 0. The molecule has 0 aromatic heterocycles. The van der Waals surface area contributed by atoms with Crippen LogP contribution in [0.15, 0.2) is 4.99 Å². The summed E-state index contributed by atoms with van der Waals surface area (Å²) in [4.78, 5) is 51.4. The number of aliphatic carboxylic acids is 1. The van der Waals surface area contributed by atoms with Crippen molar-refractivity contribution in [1.82, 2.24) is 16.0 Å². The predicted molar refractivity (Wildman–Crippen MR) is 109 cm³/mol. The molecule has 0 aliphatic rings. The summed E-state index contributed by atoms with van der Waals surface area (Å²) in [6.07, 6.45) is 0.274. The highest BCUT2D eigenvalue weighted by molar-refractivity contribution is 7.80. The molecule has 0 spiro atoms. The molecule has 0 bridgehead atoms. The number of nitrogens with two attached hydrogens (primary N) is 3. The fourth-order valence-electron chi connectivity index (χ4n) is 2.06. The zero-order valence-corrected chi connectivity index (χ0v) is 17.0. The van der Waals surface area contributed by atoms with Crippen molar-refractivity contribution in [2.75, 3.05) is 25.5 Å². The van der Waals surface area contributed by atoms with Crippen LogP contribution in [0.3, 0.4) is 0 Å². The average molecular weight is 452 g/mol. The highest BCUT2D eigenvalue weighted by Crippen LogP contribution is 2.02. The Labute approximate surface area is 178 Å². The van der Waals surface area contributed by atoms with E-state index >= 15 is 0 Å². The van der Waals surface area contributed by atoms with Crippen LogP contribution in [0.2, 0.25) is 0 Å². The van der Waals surface area contributed by atoms with Crippen LogP contribution in [-0.4, -0.2) is 94.6 Å². The van der Waals surface area contributed by atoms with Gasteiger partial charge in [0, 0.05) is 12.3 Å². The maximum atomic E-state index is 12.5. The topological polar surface area (TPSA) is 255 Å². The molecule has 30 heavy (non-hydrogen) atoms. The summed E-state index contributed by atoms with van der Waals surface area (Å²) in [5, 5.41) is 33.7. The van der Waals surface area contributed by atoms with E-state index in [-0.39, 0.29) is 31.1 Å². The number of rotatable bonds is 14. The van der Waals surface area contributed by atoms with Crippen molar-refractivity contribution in [2.24, 2.45) is 22.2 Å². The Hall–Kier alpha value is -2.62. The van der Waals surface area contributed by atoms with Gasteiger partial charge in [0.15, 0.2) is 5.96 Å². The lowest BCUT2D eigenvalue weighted by Gasteiger charge is -2.24. The van der Waals surface area contributed by atoms with Gasteiger partial charge in [-0.1, -0.05) is 0 Å². The number of carboxylic acids is 1. The van der Waals surface area contributed by atoms with Gasteiger partial charge in [-0.25, -0.2) is 4.79 Å².